The molecule has 0 bridgehead atoms. The van der Waals surface area contributed by atoms with E-state index in [0.29, 0.717) is 11.6 Å². The van der Waals surface area contributed by atoms with Crippen LogP contribution in [0, 0.1) is 70.0 Å². The van der Waals surface area contributed by atoms with Gasteiger partial charge in [0.05, 0.1) is 40.0 Å². The fraction of sp³-hybridized carbons (Fsp3) is 0.0800. The van der Waals surface area contributed by atoms with Gasteiger partial charge in [0.15, 0.2) is 23.3 Å². The molecule has 36 heavy (non-hydrogen) atoms. The Hall–Kier alpha value is -4.69. The van der Waals surface area contributed by atoms with Gasteiger partial charge in [0, 0.05) is 5.57 Å². The number of nitriles is 3. The van der Waals surface area contributed by atoms with Crippen LogP contribution in [0.25, 0.3) is 22.3 Å². The molecule has 0 atom stereocenters. The molecule has 0 heterocycles. The van der Waals surface area contributed by atoms with Gasteiger partial charge in [-0.05, 0) is 59.0 Å². The van der Waals surface area contributed by atoms with E-state index >= 15 is 0 Å². The van der Waals surface area contributed by atoms with E-state index in [9.17, 15) is 50.9 Å². The van der Waals surface area contributed by atoms with Gasteiger partial charge in [-0.2, -0.15) is 29.0 Å². The summed E-state index contributed by atoms with van der Waals surface area (Å²) in [6.07, 6.45) is -4.98. The zero-order valence-electron chi connectivity index (χ0n) is 17.7. The summed E-state index contributed by atoms with van der Waals surface area (Å²) in [6, 6.07) is 8.31. The normalized spacial score (nSPS) is 13.4. The number of alkyl halides is 3. The molecule has 1 aliphatic rings. The van der Waals surface area contributed by atoms with E-state index in [1.807, 2.05) is 6.07 Å². The van der Waals surface area contributed by atoms with Crippen LogP contribution in [0.15, 0.2) is 24.3 Å². The van der Waals surface area contributed by atoms with Crippen molar-refractivity contribution in [3.05, 3.63) is 92.3 Å². The smallest absolute Gasteiger partial charge is 0.203 e. The number of benzene rings is 3. The zero-order chi connectivity index (χ0) is 26.7. The van der Waals surface area contributed by atoms with Crippen LogP contribution in [0.3, 0.4) is 0 Å². The van der Waals surface area contributed by atoms with Crippen molar-refractivity contribution < 1.29 is 35.1 Å². The molecule has 1 aliphatic carbocycles. The number of aryl methyl sites for hydroxylation is 1. The molecule has 0 unspecified atom stereocenters. The predicted octanol–water partition coefficient (Wildman–Crippen LogP) is 6.92. The number of nitrogens with zero attached hydrogens (tertiary/aromatic N) is 3. The van der Waals surface area contributed by atoms with Crippen LogP contribution in [0.2, 0.25) is 0 Å². The largest absolute Gasteiger partial charge is 0.417 e. The van der Waals surface area contributed by atoms with E-state index in [2.05, 4.69) is 0 Å². The Morgan fingerprint density at radius 1 is 0.667 bits per heavy atom. The van der Waals surface area contributed by atoms with Crippen LogP contribution >= 0.6 is 0 Å². The number of allylic oxidation sites excluding steroid dienone is 1. The fourth-order valence-corrected chi connectivity index (χ4v) is 4.09. The lowest BCUT2D eigenvalue weighted by Gasteiger charge is -2.13. The Kier molecular flexibility index (Phi) is 5.57. The lowest BCUT2D eigenvalue weighted by Crippen LogP contribution is -2.09. The second-order valence-electron chi connectivity index (χ2n) is 7.68. The first kappa shape index (κ1) is 24.4. The average molecular weight is 501 g/mol. The van der Waals surface area contributed by atoms with E-state index in [1.54, 1.807) is 0 Å². The standard InChI is InChI=1S/C25H7F8N3/c1-9-2-12-13-5-17(25(31,32)33)11(7-35)4-15(13)18(14(12)3-10(9)6-34)16(8-36)19-20(26)22(28)24(30)23(29)21(19)27/h2-5H,1H3/b18-16+. The van der Waals surface area contributed by atoms with Gasteiger partial charge in [-0.1, -0.05) is 0 Å². The Morgan fingerprint density at radius 2 is 1.14 bits per heavy atom. The van der Waals surface area contributed by atoms with Gasteiger partial charge in [0.1, 0.15) is 6.07 Å². The summed E-state index contributed by atoms with van der Waals surface area (Å²) in [4.78, 5) is 0. The van der Waals surface area contributed by atoms with Gasteiger partial charge in [0.25, 0.3) is 0 Å². The van der Waals surface area contributed by atoms with Crippen molar-refractivity contribution in [1.29, 1.82) is 15.8 Å². The molecule has 0 amide bonds. The first-order valence-corrected chi connectivity index (χ1v) is 9.74. The summed E-state index contributed by atoms with van der Waals surface area (Å²) in [7, 11) is 0. The molecule has 3 nitrogen and oxygen atoms in total. The molecule has 0 N–H and O–H groups in total. The fourth-order valence-electron chi connectivity index (χ4n) is 4.09. The number of hydrogen-bond donors (Lipinski definition) is 0. The average Bonchev–Trinajstić information content (AvgIpc) is 3.14. The zero-order valence-corrected chi connectivity index (χ0v) is 17.7. The maximum atomic E-state index is 14.7. The third kappa shape index (κ3) is 3.38. The minimum absolute atomic E-state index is 0.00288. The summed E-state index contributed by atoms with van der Waals surface area (Å²) in [5, 5.41) is 28.5. The Morgan fingerprint density at radius 3 is 1.61 bits per heavy atom. The highest BCUT2D eigenvalue weighted by Gasteiger charge is 2.39. The van der Waals surface area contributed by atoms with Crippen molar-refractivity contribution in [1.82, 2.24) is 0 Å². The lowest BCUT2D eigenvalue weighted by atomic mass is 9.91. The van der Waals surface area contributed by atoms with Gasteiger partial charge in [-0.25, -0.2) is 22.0 Å². The van der Waals surface area contributed by atoms with E-state index in [4.69, 9.17) is 0 Å². The van der Waals surface area contributed by atoms with Crippen molar-refractivity contribution >= 4 is 11.1 Å². The van der Waals surface area contributed by atoms with Gasteiger partial charge in [-0.15, -0.1) is 0 Å². The summed E-state index contributed by atoms with van der Waals surface area (Å²) >= 11 is 0. The molecular weight excluding hydrogens is 494 g/mol. The Bertz CT molecular complexity index is 1630. The molecular formula is C25H7F8N3. The molecule has 3 aromatic carbocycles. The highest BCUT2D eigenvalue weighted by Crippen LogP contribution is 2.51. The maximum Gasteiger partial charge on any atom is 0.417 e. The van der Waals surface area contributed by atoms with Crippen molar-refractivity contribution in [3.8, 4) is 29.3 Å². The summed E-state index contributed by atoms with van der Waals surface area (Å²) in [6.45, 7) is 1.46. The van der Waals surface area contributed by atoms with Crippen LogP contribution in [0.4, 0.5) is 35.1 Å². The first-order chi connectivity index (χ1) is 16.9. The number of hydrogen-bond acceptors (Lipinski definition) is 3. The van der Waals surface area contributed by atoms with Gasteiger partial charge in [-0.3, -0.25) is 0 Å². The van der Waals surface area contributed by atoms with E-state index in [-0.39, 0.29) is 27.8 Å². The van der Waals surface area contributed by atoms with Crippen LogP contribution in [-0.4, -0.2) is 0 Å². The summed E-state index contributed by atoms with van der Waals surface area (Å²) in [5.74, 6) is -11.8. The molecule has 11 heteroatoms. The molecule has 0 aromatic heterocycles. The van der Waals surface area contributed by atoms with Crippen LogP contribution in [0.1, 0.15) is 38.9 Å². The van der Waals surface area contributed by atoms with Crippen molar-refractivity contribution in [3.63, 3.8) is 0 Å². The lowest BCUT2D eigenvalue weighted by molar-refractivity contribution is -0.137. The minimum atomic E-state index is -4.98. The molecule has 0 radical (unpaired) electrons. The van der Waals surface area contributed by atoms with Crippen molar-refractivity contribution in [2.24, 2.45) is 0 Å². The second-order valence-corrected chi connectivity index (χ2v) is 7.68. The highest BCUT2D eigenvalue weighted by molar-refractivity contribution is 6.13. The molecule has 4 rings (SSSR count). The Balaban J connectivity index is 2.26. The van der Waals surface area contributed by atoms with Crippen LogP contribution < -0.4 is 0 Å². The molecule has 0 aliphatic heterocycles. The second kappa shape index (κ2) is 8.21. The third-order valence-electron chi connectivity index (χ3n) is 5.72. The monoisotopic (exact) mass is 501 g/mol. The van der Waals surface area contributed by atoms with Crippen molar-refractivity contribution in [2.75, 3.05) is 0 Å². The van der Waals surface area contributed by atoms with Crippen molar-refractivity contribution in [2.45, 2.75) is 13.1 Å². The van der Waals surface area contributed by atoms with Gasteiger partial charge < -0.3 is 0 Å². The predicted molar refractivity (Wildman–Crippen MR) is 109 cm³/mol. The van der Waals surface area contributed by atoms with Gasteiger partial charge >= 0.3 is 6.18 Å². The summed E-state index contributed by atoms with van der Waals surface area (Å²) < 4.78 is 112. The van der Waals surface area contributed by atoms with Gasteiger partial charge in [0.2, 0.25) is 5.82 Å². The first-order valence-electron chi connectivity index (χ1n) is 9.74. The number of fused-ring (bicyclic) bond motifs is 3. The minimum Gasteiger partial charge on any atom is -0.203 e. The molecule has 0 spiro atoms. The SMILES string of the molecule is Cc1cc2c(cc1C#N)/C(=C(/C#N)c1c(F)c(F)c(F)c(F)c1F)c1cc(C#N)c(C(F)(F)F)cc1-2. The van der Waals surface area contributed by atoms with Crippen LogP contribution in [0.5, 0.6) is 0 Å². The number of halogens is 8. The maximum absolute atomic E-state index is 14.7. The molecule has 0 saturated carbocycles. The third-order valence-corrected chi connectivity index (χ3v) is 5.72. The highest BCUT2D eigenvalue weighted by atomic mass is 19.4. The van der Waals surface area contributed by atoms with Crippen LogP contribution in [-0.2, 0) is 6.18 Å². The van der Waals surface area contributed by atoms with E-state index in [1.165, 1.54) is 25.1 Å². The molecule has 0 fully saturated rings. The molecule has 0 saturated heterocycles. The van der Waals surface area contributed by atoms with E-state index < -0.39 is 63.1 Å². The van der Waals surface area contributed by atoms with E-state index in [0.717, 1.165) is 12.1 Å². The quantitative estimate of drug-likeness (QED) is 0.123. The summed E-state index contributed by atoms with van der Waals surface area (Å²) in [5.41, 5.74) is -5.79. The number of rotatable bonds is 1. The Labute approximate surface area is 197 Å². The molecule has 178 valence electrons. The topological polar surface area (TPSA) is 71.4 Å². The molecule has 3 aromatic rings.